The summed E-state index contributed by atoms with van der Waals surface area (Å²) in [6.45, 7) is 10.1. The van der Waals surface area contributed by atoms with Gasteiger partial charge in [-0.25, -0.2) is 9.59 Å². The maximum absolute atomic E-state index is 13.5. The SMILES string of the molecule is COC(=O)NC(=N)Nc1ccc(C(=O)NCC(=O)N2CCN(CC(=O)OC(C)(C)C)C(=O)[C@@H]2CCCNC(=O)OC(C)(C)C)cc1. The molecule has 1 fully saturated rings. The summed E-state index contributed by atoms with van der Waals surface area (Å²) in [4.78, 5) is 77.9. The zero-order valence-electron chi connectivity index (χ0n) is 27.4. The van der Waals surface area contributed by atoms with Crippen LogP contribution < -0.4 is 21.3 Å². The van der Waals surface area contributed by atoms with Crippen LogP contribution in [-0.2, 0) is 28.6 Å². The van der Waals surface area contributed by atoms with Gasteiger partial charge in [-0.1, -0.05) is 0 Å². The normalized spacial score (nSPS) is 14.9. The fourth-order valence-electron chi connectivity index (χ4n) is 4.30. The van der Waals surface area contributed by atoms with Crippen LogP contribution in [0.15, 0.2) is 24.3 Å². The molecule has 5 amide bonds. The summed E-state index contributed by atoms with van der Waals surface area (Å²) in [5.41, 5.74) is -0.759. The van der Waals surface area contributed by atoms with Crippen molar-refractivity contribution < 1.29 is 43.0 Å². The Morgan fingerprint density at radius 1 is 0.913 bits per heavy atom. The number of esters is 1. The minimum Gasteiger partial charge on any atom is -0.459 e. The van der Waals surface area contributed by atoms with Gasteiger partial charge in [0, 0.05) is 30.9 Å². The molecule has 254 valence electrons. The van der Waals surface area contributed by atoms with Crippen molar-refractivity contribution in [2.24, 2.45) is 0 Å². The first-order valence-corrected chi connectivity index (χ1v) is 14.7. The van der Waals surface area contributed by atoms with Gasteiger partial charge in [0.25, 0.3) is 5.91 Å². The van der Waals surface area contributed by atoms with E-state index in [1.54, 1.807) is 41.5 Å². The monoisotopic (exact) mass is 647 g/mol. The van der Waals surface area contributed by atoms with E-state index >= 15 is 0 Å². The van der Waals surface area contributed by atoms with Crippen molar-refractivity contribution in [2.45, 2.75) is 71.6 Å². The summed E-state index contributed by atoms with van der Waals surface area (Å²) in [5.74, 6) is -2.38. The van der Waals surface area contributed by atoms with Gasteiger partial charge in [-0.2, -0.15) is 0 Å². The smallest absolute Gasteiger partial charge is 0.413 e. The average Bonchev–Trinajstić information content (AvgIpc) is 2.93. The Labute approximate surface area is 268 Å². The second-order valence-corrected chi connectivity index (χ2v) is 12.4. The number of hydrogen-bond acceptors (Lipinski definition) is 10. The number of anilines is 1. The van der Waals surface area contributed by atoms with Crippen LogP contribution in [-0.4, -0.2) is 109 Å². The average molecular weight is 648 g/mol. The third-order valence-corrected chi connectivity index (χ3v) is 6.20. The lowest BCUT2D eigenvalue weighted by Gasteiger charge is -2.40. The molecule has 1 aliphatic rings. The highest BCUT2D eigenvalue weighted by atomic mass is 16.6. The highest BCUT2D eigenvalue weighted by Crippen LogP contribution is 2.18. The molecule has 16 nitrogen and oxygen atoms in total. The summed E-state index contributed by atoms with van der Waals surface area (Å²) in [6.07, 6.45) is -0.902. The number of ether oxygens (including phenoxy) is 3. The van der Waals surface area contributed by atoms with Crippen LogP contribution in [0.3, 0.4) is 0 Å². The van der Waals surface area contributed by atoms with Crippen molar-refractivity contribution >= 4 is 47.5 Å². The Hall–Kier alpha value is -4.89. The standard InChI is InChI=1S/C30H45N7O9/c1-29(2,3)45-23(39)18-36-15-16-37(21(25(36)41)9-8-14-32-27(42)46-30(4,5)6)22(38)17-33-24(40)19-10-12-20(13-11-19)34-26(31)35-28(43)44-7/h10-13,21H,8-9,14-18H2,1-7H3,(H,32,42)(H,33,40)(H3,31,34,35,43)/t21-/m0/s1. The van der Waals surface area contributed by atoms with Crippen LogP contribution in [0.2, 0.25) is 0 Å². The summed E-state index contributed by atoms with van der Waals surface area (Å²) in [5, 5.41) is 17.7. The summed E-state index contributed by atoms with van der Waals surface area (Å²) in [6, 6.07) is 5.02. The fraction of sp³-hybridized carbons (Fsp3) is 0.567. The Morgan fingerprint density at radius 3 is 2.13 bits per heavy atom. The van der Waals surface area contributed by atoms with E-state index in [1.807, 2.05) is 0 Å². The van der Waals surface area contributed by atoms with Gasteiger partial charge in [-0.05, 0) is 78.6 Å². The number of guanidine groups is 1. The molecule has 0 unspecified atom stereocenters. The largest absolute Gasteiger partial charge is 0.459 e. The number of benzene rings is 1. The van der Waals surface area contributed by atoms with Gasteiger partial charge in [-0.15, -0.1) is 0 Å². The highest BCUT2D eigenvalue weighted by molar-refractivity contribution is 6.01. The Bertz CT molecular complexity index is 1290. The van der Waals surface area contributed by atoms with Gasteiger partial charge in [0.2, 0.25) is 17.8 Å². The molecule has 1 aromatic carbocycles. The molecule has 1 atom stereocenters. The third-order valence-electron chi connectivity index (χ3n) is 6.20. The molecule has 0 aromatic heterocycles. The second kappa shape index (κ2) is 16.4. The van der Waals surface area contributed by atoms with Crippen LogP contribution >= 0.6 is 0 Å². The van der Waals surface area contributed by atoms with Gasteiger partial charge in [0.1, 0.15) is 23.8 Å². The van der Waals surface area contributed by atoms with E-state index in [4.69, 9.17) is 14.9 Å². The minimum absolute atomic E-state index is 0.0960. The summed E-state index contributed by atoms with van der Waals surface area (Å²) < 4.78 is 15.0. The zero-order chi connectivity index (χ0) is 34.7. The van der Waals surface area contributed by atoms with E-state index in [0.29, 0.717) is 12.1 Å². The second-order valence-electron chi connectivity index (χ2n) is 12.4. The van der Waals surface area contributed by atoms with E-state index < -0.39 is 59.7 Å². The molecular formula is C30H45N7O9. The number of nitrogens with zero attached hydrogens (tertiary/aromatic N) is 2. The number of hydrogen-bond donors (Lipinski definition) is 5. The van der Waals surface area contributed by atoms with Crippen molar-refractivity contribution in [3.63, 3.8) is 0 Å². The van der Waals surface area contributed by atoms with Gasteiger partial charge in [0.05, 0.1) is 13.7 Å². The molecule has 5 N–H and O–H groups in total. The first-order valence-electron chi connectivity index (χ1n) is 14.7. The molecular weight excluding hydrogens is 602 g/mol. The lowest BCUT2D eigenvalue weighted by molar-refractivity contribution is -0.163. The van der Waals surface area contributed by atoms with E-state index in [2.05, 4.69) is 26.0 Å². The fourth-order valence-corrected chi connectivity index (χ4v) is 4.30. The molecule has 16 heteroatoms. The molecule has 0 radical (unpaired) electrons. The molecule has 46 heavy (non-hydrogen) atoms. The number of rotatable bonds is 10. The summed E-state index contributed by atoms with van der Waals surface area (Å²) >= 11 is 0. The summed E-state index contributed by atoms with van der Waals surface area (Å²) in [7, 11) is 1.16. The predicted octanol–water partition coefficient (Wildman–Crippen LogP) is 1.81. The van der Waals surface area contributed by atoms with Crippen molar-refractivity contribution in [2.75, 3.05) is 45.2 Å². The minimum atomic E-state index is -0.930. The van der Waals surface area contributed by atoms with Gasteiger partial charge < -0.3 is 40.0 Å². The van der Waals surface area contributed by atoms with Crippen LogP contribution in [0.4, 0.5) is 15.3 Å². The van der Waals surface area contributed by atoms with Crippen LogP contribution in [0, 0.1) is 5.41 Å². The van der Waals surface area contributed by atoms with Gasteiger partial charge in [0.15, 0.2) is 0 Å². The molecule has 0 saturated carbocycles. The molecule has 1 aliphatic heterocycles. The Balaban J connectivity index is 2.03. The molecule has 1 aromatic rings. The Morgan fingerprint density at radius 2 is 1.54 bits per heavy atom. The number of amides is 5. The van der Waals surface area contributed by atoms with E-state index in [0.717, 1.165) is 7.11 Å². The van der Waals surface area contributed by atoms with Crippen LogP contribution in [0.25, 0.3) is 0 Å². The predicted molar refractivity (Wildman–Crippen MR) is 167 cm³/mol. The zero-order valence-corrected chi connectivity index (χ0v) is 27.4. The van der Waals surface area contributed by atoms with Crippen molar-refractivity contribution in [1.29, 1.82) is 5.41 Å². The quantitative estimate of drug-likeness (QED) is 0.0818. The van der Waals surface area contributed by atoms with Crippen molar-refractivity contribution in [3.8, 4) is 0 Å². The van der Waals surface area contributed by atoms with Crippen molar-refractivity contribution in [1.82, 2.24) is 25.8 Å². The number of nitrogens with one attached hydrogen (secondary N) is 5. The van der Waals surface area contributed by atoms with E-state index in [9.17, 15) is 28.8 Å². The molecule has 1 saturated heterocycles. The van der Waals surface area contributed by atoms with Gasteiger partial charge >= 0.3 is 18.2 Å². The van der Waals surface area contributed by atoms with Crippen LogP contribution in [0.1, 0.15) is 64.7 Å². The maximum Gasteiger partial charge on any atom is 0.413 e. The van der Waals surface area contributed by atoms with Gasteiger partial charge in [-0.3, -0.25) is 29.9 Å². The lowest BCUT2D eigenvalue weighted by atomic mass is 10.0. The first kappa shape index (κ1) is 37.3. The number of piperazine rings is 1. The maximum atomic E-state index is 13.5. The van der Waals surface area contributed by atoms with E-state index in [-0.39, 0.29) is 44.1 Å². The van der Waals surface area contributed by atoms with Crippen molar-refractivity contribution in [3.05, 3.63) is 29.8 Å². The molecule has 0 aliphatic carbocycles. The number of carbonyl (C=O) groups is 6. The number of alkyl carbamates (subject to hydrolysis) is 2. The third kappa shape index (κ3) is 13.0. The first-order chi connectivity index (χ1) is 21.4. The highest BCUT2D eigenvalue weighted by Gasteiger charge is 2.38. The topological polar surface area (TPSA) is 209 Å². The molecule has 1 heterocycles. The Kier molecular flexibility index (Phi) is 13.3. The number of carbonyl (C=O) groups excluding carboxylic acids is 6. The molecule has 0 spiro atoms. The van der Waals surface area contributed by atoms with Crippen LogP contribution in [0.5, 0.6) is 0 Å². The lowest BCUT2D eigenvalue weighted by Crippen LogP contribution is -2.61. The molecule has 0 bridgehead atoms. The number of methoxy groups -OCH3 is 1. The molecule has 2 rings (SSSR count). The van der Waals surface area contributed by atoms with E-state index in [1.165, 1.54) is 34.1 Å².